The fourth-order valence-electron chi connectivity index (χ4n) is 3.11. The molecule has 0 radical (unpaired) electrons. The van der Waals surface area contributed by atoms with E-state index in [0.29, 0.717) is 5.16 Å². The van der Waals surface area contributed by atoms with Gasteiger partial charge in [-0.05, 0) is 24.6 Å². The molecule has 0 aliphatic rings. The first-order chi connectivity index (χ1) is 14.1. The lowest BCUT2D eigenvalue weighted by Crippen LogP contribution is -2.14. The highest BCUT2D eigenvalue weighted by Crippen LogP contribution is 2.38. The number of thioether (sulfide) groups is 1. The molecule has 4 aromatic rings. The summed E-state index contributed by atoms with van der Waals surface area (Å²) in [5, 5.41) is 14.5. The lowest BCUT2D eigenvalue weighted by atomic mass is 10.0. The van der Waals surface area contributed by atoms with E-state index in [1.807, 2.05) is 60.1 Å². The van der Waals surface area contributed by atoms with E-state index in [9.17, 15) is 4.79 Å². The van der Waals surface area contributed by atoms with Crippen LogP contribution in [-0.4, -0.2) is 26.4 Å². The Kier molecular flexibility index (Phi) is 5.78. The summed E-state index contributed by atoms with van der Waals surface area (Å²) in [6, 6.07) is 19.8. The number of amides is 1. The number of aryl methyl sites for hydroxylation is 1. The minimum atomic E-state index is -0.0675. The van der Waals surface area contributed by atoms with Gasteiger partial charge in [0.1, 0.15) is 0 Å². The minimum Gasteiger partial charge on any atom is -0.325 e. The van der Waals surface area contributed by atoms with Gasteiger partial charge in [0.15, 0.2) is 11.0 Å². The van der Waals surface area contributed by atoms with Crippen LogP contribution in [0.1, 0.15) is 4.88 Å². The number of thiophene rings is 1. The predicted molar refractivity (Wildman–Crippen MR) is 120 cm³/mol. The van der Waals surface area contributed by atoms with Crippen molar-refractivity contribution in [2.45, 2.75) is 12.1 Å². The van der Waals surface area contributed by atoms with E-state index in [4.69, 9.17) is 0 Å². The predicted octanol–water partition coefficient (Wildman–Crippen LogP) is 5.25. The average Bonchev–Trinajstić information content (AvgIpc) is 3.30. The Balaban J connectivity index is 1.52. The number of carbonyl (C=O) groups is 1. The Hall–Kier alpha value is -2.90. The van der Waals surface area contributed by atoms with E-state index < -0.39 is 0 Å². The second-order valence-electron chi connectivity index (χ2n) is 6.51. The normalized spacial score (nSPS) is 10.8. The van der Waals surface area contributed by atoms with Gasteiger partial charge in [-0.25, -0.2) is 0 Å². The van der Waals surface area contributed by atoms with Crippen LogP contribution in [0.15, 0.2) is 71.2 Å². The summed E-state index contributed by atoms with van der Waals surface area (Å²) in [5.74, 6) is 1.01. The Morgan fingerprint density at radius 2 is 1.76 bits per heavy atom. The molecule has 0 unspecified atom stereocenters. The highest BCUT2D eigenvalue weighted by molar-refractivity contribution is 7.99. The summed E-state index contributed by atoms with van der Waals surface area (Å²) >= 11 is 3.09. The number of nitrogens with zero attached hydrogens (tertiary/aromatic N) is 3. The largest absolute Gasteiger partial charge is 0.325 e. The zero-order chi connectivity index (χ0) is 20.2. The van der Waals surface area contributed by atoms with Gasteiger partial charge in [-0.1, -0.05) is 60.3 Å². The van der Waals surface area contributed by atoms with E-state index in [1.165, 1.54) is 27.8 Å². The van der Waals surface area contributed by atoms with Crippen molar-refractivity contribution in [3.63, 3.8) is 0 Å². The molecule has 0 fully saturated rings. The van der Waals surface area contributed by atoms with Crippen molar-refractivity contribution in [3.05, 3.63) is 70.9 Å². The first-order valence-corrected chi connectivity index (χ1v) is 11.0. The van der Waals surface area contributed by atoms with Crippen LogP contribution in [0.2, 0.25) is 0 Å². The average molecular weight is 421 g/mol. The fourth-order valence-corrected chi connectivity index (χ4v) is 4.68. The first-order valence-electron chi connectivity index (χ1n) is 9.14. The van der Waals surface area contributed by atoms with Crippen molar-refractivity contribution in [1.29, 1.82) is 0 Å². The van der Waals surface area contributed by atoms with Crippen molar-refractivity contribution in [3.8, 4) is 22.5 Å². The molecule has 1 amide bonds. The van der Waals surface area contributed by atoms with Crippen LogP contribution < -0.4 is 5.32 Å². The standard InChI is InChI=1S/C22H20N4OS2/c1-15-20(16-9-5-3-6-10-16)18(13-28-15)21-24-25-22(26(21)2)29-14-19(27)23-17-11-7-4-8-12-17/h3-13H,14H2,1-2H3,(H,23,27). The number of para-hydroxylation sites is 1. The van der Waals surface area contributed by atoms with E-state index >= 15 is 0 Å². The van der Waals surface area contributed by atoms with E-state index in [1.54, 1.807) is 11.3 Å². The van der Waals surface area contributed by atoms with Crippen molar-refractivity contribution in [2.24, 2.45) is 7.05 Å². The van der Waals surface area contributed by atoms with Gasteiger partial charge in [-0.3, -0.25) is 4.79 Å². The first kappa shape index (κ1) is 19.4. The van der Waals surface area contributed by atoms with Crippen molar-refractivity contribution < 1.29 is 4.79 Å². The Morgan fingerprint density at radius 3 is 2.48 bits per heavy atom. The molecule has 0 aliphatic heterocycles. The molecule has 0 saturated heterocycles. The number of rotatable bonds is 6. The Labute approximate surface area is 177 Å². The number of carbonyl (C=O) groups excluding carboxylic acids is 1. The molecule has 5 nitrogen and oxygen atoms in total. The van der Waals surface area contributed by atoms with Crippen LogP contribution >= 0.6 is 23.1 Å². The molecule has 7 heteroatoms. The number of anilines is 1. The molecular weight excluding hydrogens is 400 g/mol. The van der Waals surface area contributed by atoms with Gasteiger partial charge in [-0.2, -0.15) is 0 Å². The van der Waals surface area contributed by atoms with Crippen molar-refractivity contribution in [1.82, 2.24) is 14.8 Å². The molecule has 29 heavy (non-hydrogen) atoms. The lowest BCUT2D eigenvalue weighted by Gasteiger charge is -2.07. The maximum absolute atomic E-state index is 12.2. The van der Waals surface area contributed by atoms with Crippen LogP contribution in [0, 0.1) is 6.92 Å². The zero-order valence-electron chi connectivity index (χ0n) is 16.1. The molecule has 2 heterocycles. The third kappa shape index (κ3) is 4.26. The van der Waals surface area contributed by atoms with Crippen LogP contribution in [0.5, 0.6) is 0 Å². The smallest absolute Gasteiger partial charge is 0.234 e. The minimum absolute atomic E-state index is 0.0675. The summed E-state index contributed by atoms with van der Waals surface area (Å²) in [7, 11) is 1.94. The van der Waals surface area contributed by atoms with Gasteiger partial charge in [0.25, 0.3) is 0 Å². The number of hydrogen-bond donors (Lipinski definition) is 1. The molecule has 0 atom stereocenters. The monoisotopic (exact) mass is 420 g/mol. The summed E-state index contributed by atoms with van der Waals surface area (Å²) in [6.45, 7) is 2.12. The maximum Gasteiger partial charge on any atom is 0.234 e. The van der Waals surface area contributed by atoms with Gasteiger partial charge in [0, 0.05) is 34.1 Å². The lowest BCUT2D eigenvalue weighted by molar-refractivity contribution is -0.113. The summed E-state index contributed by atoms with van der Waals surface area (Å²) in [5.41, 5.74) is 4.21. The quantitative estimate of drug-likeness (QED) is 0.433. The Morgan fingerprint density at radius 1 is 1.07 bits per heavy atom. The summed E-state index contributed by atoms with van der Waals surface area (Å²) in [6.07, 6.45) is 0. The number of hydrogen-bond acceptors (Lipinski definition) is 5. The molecular formula is C22H20N4OS2. The van der Waals surface area contributed by atoms with Crippen molar-refractivity contribution in [2.75, 3.05) is 11.1 Å². The SMILES string of the molecule is Cc1scc(-c2nnc(SCC(=O)Nc3ccccc3)n2C)c1-c1ccccc1. The molecule has 0 spiro atoms. The van der Waals surface area contributed by atoms with Gasteiger partial charge < -0.3 is 9.88 Å². The summed E-state index contributed by atoms with van der Waals surface area (Å²) < 4.78 is 1.95. The van der Waals surface area contributed by atoms with Crippen LogP contribution in [-0.2, 0) is 11.8 Å². The summed E-state index contributed by atoms with van der Waals surface area (Å²) in [4.78, 5) is 13.5. The van der Waals surface area contributed by atoms with Crippen LogP contribution in [0.3, 0.4) is 0 Å². The molecule has 1 N–H and O–H groups in total. The molecule has 0 aliphatic carbocycles. The van der Waals surface area contributed by atoms with E-state index in [-0.39, 0.29) is 11.7 Å². The highest BCUT2D eigenvalue weighted by atomic mass is 32.2. The molecule has 2 aromatic heterocycles. The fraction of sp³-hybridized carbons (Fsp3) is 0.136. The molecule has 4 rings (SSSR count). The highest BCUT2D eigenvalue weighted by Gasteiger charge is 2.19. The second kappa shape index (κ2) is 8.63. The van der Waals surface area contributed by atoms with E-state index in [2.05, 4.69) is 40.0 Å². The molecule has 146 valence electrons. The van der Waals surface area contributed by atoms with Gasteiger partial charge in [-0.15, -0.1) is 21.5 Å². The maximum atomic E-state index is 12.2. The van der Waals surface area contributed by atoms with Crippen LogP contribution in [0.4, 0.5) is 5.69 Å². The third-order valence-corrected chi connectivity index (χ3v) is 6.43. The molecule has 0 bridgehead atoms. The third-order valence-electron chi connectivity index (χ3n) is 4.50. The van der Waals surface area contributed by atoms with Gasteiger partial charge >= 0.3 is 0 Å². The van der Waals surface area contributed by atoms with E-state index in [0.717, 1.165) is 17.1 Å². The number of aromatic nitrogens is 3. The van der Waals surface area contributed by atoms with Gasteiger partial charge in [0.05, 0.1) is 5.75 Å². The molecule has 2 aromatic carbocycles. The number of nitrogens with one attached hydrogen (secondary N) is 1. The molecule has 0 saturated carbocycles. The zero-order valence-corrected chi connectivity index (χ0v) is 17.8. The topological polar surface area (TPSA) is 59.8 Å². The second-order valence-corrected chi connectivity index (χ2v) is 8.54. The van der Waals surface area contributed by atoms with Crippen LogP contribution in [0.25, 0.3) is 22.5 Å². The Bertz CT molecular complexity index is 1120. The number of benzene rings is 2. The van der Waals surface area contributed by atoms with Crippen molar-refractivity contribution >= 4 is 34.7 Å². The van der Waals surface area contributed by atoms with Gasteiger partial charge in [0.2, 0.25) is 5.91 Å².